The van der Waals surface area contributed by atoms with Crippen molar-refractivity contribution in [3.8, 4) is 0 Å². The largest absolute Gasteiger partial charge is 0.501 e. The Morgan fingerprint density at radius 2 is 1.70 bits per heavy atom. The molecule has 0 spiro atoms. The molecule has 9 heteroatoms. The van der Waals surface area contributed by atoms with Gasteiger partial charge in [0.25, 0.3) is 0 Å². The number of hydrogen-bond acceptors (Lipinski definition) is 5. The van der Waals surface area contributed by atoms with Gasteiger partial charge in [0, 0.05) is 26.3 Å². The fourth-order valence-corrected chi connectivity index (χ4v) is 4.55. The van der Waals surface area contributed by atoms with Gasteiger partial charge in [-0.15, -0.1) is 0 Å². The summed E-state index contributed by atoms with van der Waals surface area (Å²) in [4.78, 5) is 8.87. The number of ether oxygens (including phenoxy) is 2. The van der Waals surface area contributed by atoms with Crippen LogP contribution < -0.4 is 5.32 Å². The van der Waals surface area contributed by atoms with E-state index in [9.17, 15) is 0 Å². The van der Waals surface area contributed by atoms with E-state index >= 15 is 0 Å². The number of aromatic nitrogens is 2. The van der Waals surface area contributed by atoms with E-state index in [1.807, 2.05) is 50.3 Å². The summed E-state index contributed by atoms with van der Waals surface area (Å²) in [6, 6.07) is 11.3. The number of benzene rings is 2. The highest BCUT2D eigenvalue weighted by Gasteiger charge is 2.11. The van der Waals surface area contributed by atoms with Gasteiger partial charge in [-0.2, -0.15) is 0 Å². The molecule has 33 heavy (non-hydrogen) atoms. The van der Waals surface area contributed by atoms with Crippen molar-refractivity contribution in [2.75, 3.05) is 12.4 Å². The molecule has 0 atom stereocenters. The lowest BCUT2D eigenvalue weighted by molar-refractivity contribution is 0.204. The summed E-state index contributed by atoms with van der Waals surface area (Å²) in [7, 11) is 1.61. The molecule has 5 nitrogen and oxygen atoms in total. The summed E-state index contributed by atoms with van der Waals surface area (Å²) in [6.07, 6.45) is 5.22. The van der Waals surface area contributed by atoms with E-state index in [0.717, 1.165) is 25.8 Å². The van der Waals surface area contributed by atoms with Crippen molar-refractivity contribution in [1.29, 1.82) is 0 Å². The predicted molar refractivity (Wildman–Crippen MR) is 143 cm³/mol. The molecule has 172 valence electrons. The third-order valence-electron chi connectivity index (χ3n) is 4.50. The normalized spacial score (nSPS) is 12.0. The van der Waals surface area contributed by atoms with Crippen molar-refractivity contribution in [3.05, 3.63) is 90.1 Å². The van der Waals surface area contributed by atoms with E-state index in [1.54, 1.807) is 19.2 Å². The Morgan fingerprint density at radius 3 is 2.36 bits per heavy atom. The minimum absolute atomic E-state index is 0.419. The Morgan fingerprint density at radius 1 is 0.970 bits per heavy atom. The Hall–Kier alpha value is -2.06. The second-order valence-electron chi connectivity index (χ2n) is 7.06. The molecule has 2 aromatic carbocycles. The second kappa shape index (κ2) is 11.9. The molecule has 0 unspecified atom stereocenters. The zero-order valence-corrected chi connectivity index (χ0v) is 22.8. The molecule has 0 aliphatic carbocycles. The molecule has 0 aliphatic heterocycles. The topological polar surface area (TPSA) is 56.3 Å². The van der Waals surface area contributed by atoms with Crippen LogP contribution in [0.5, 0.6) is 0 Å². The van der Waals surface area contributed by atoms with Gasteiger partial charge in [0.1, 0.15) is 18.8 Å². The molecule has 3 rings (SSSR count). The first kappa shape index (κ1) is 25.6. The summed E-state index contributed by atoms with van der Waals surface area (Å²) in [6.45, 7) is 4.16. The van der Waals surface area contributed by atoms with Crippen molar-refractivity contribution in [3.63, 3.8) is 0 Å². The number of halogens is 4. The van der Waals surface area contributed by atoms with E-state index in [-0.39, 0.29) is 0 Å². The van der Waals surface area contributed by atoms with Gasteiger partial charge in [-0.1, -0.05) is 55.1 Å². The van der Waals surface area contributed by atoms with Crippen LogP contribution in [0.3, 0.4) is 0 Å². The van der Waals surface area contributed by atoms with E-state index in [1.165, 1.54) is 6.33 Å². The maximum absolute atomic E-state index is 6.16. The quantitative estimate of drug-likeness (QED) is 0.258. The lowest BCUT2D eigenvalue weighted by Gasteiger charge is -2.13. The zero-order chi connectivity index (χ0) is 24.0. The molecule has 0 radical (unpaired) electrons. The van der Waals surface area contributed by atoms with Gasteiger partial charge in [0.15, 0.2) is 0 Å². The molecular weight excluding hydrogens is 593 g/mol. The van der Waals surface area contributed by atoms with Gasteiger partial charge in [-0.25, -0.2) is 9.97 Å². The molecule has 0 bridgehead atoms. The predicted octanol–water partition coefficient (Wildman–Crippen LogP) is 8.64. The number of hydrogen-bond donors (Lipinski definition) is 1. The van der Waals surface area contributed by atoms with Crippen molar-refractivity contribution in [1.82, 2.24) is 9.97 Å². The summed E-state index contributed by atoms with van der Waals surface area (Å²) in [5.41, 5.74) is 3.20. The SMILES string of the molecule is CO/C(C)=C/c1c(/C=C(\C)OCc2cc(Br)cc(Br)c2)ncnc1Nc1ccc(Cl)c(Cl)c1. The molecule has 1 N–H and O–H groups in total. The van der Waals surface area contributed by atoms with Crippen LogP contribution in [0.1, 0.15) is 30.7 Å². The highest BCUT2D eigenvalue weighted by molar-refractivity contribution is 9.11. The maximum Gasteiger partial charge on any atom is 0.141 e. The highest BCUT2D eigenvalue weighted by Crippen LogP contribution is 2.29. The van der Waals surface area contributed by atoms with Crippen LogP contribution in [0.15, 0.2) is 63.2 Å². The van der Waals surface area contributed by atoms with Crippen molar-refractivity contribution in [2.24, 2.45) is 0 Å². The number of nitrogens with zero attached hydrogens (tertiary/aromatic N) is 2. The van der Waals surface area contributed by atoms with Crippen LogP contribution in [-0.4, -0.2) is 17.1 Å². The summed E-state index contributed by atoms with van der Waals surface area (Å²) in [5.74, 6) is 2.00. The molecule has 0 amide bonds. The summed E-state index contributed by atoms with van der Waals surface area (Å²) >= 11 is 19.2. The average molecular weight is 614 g/mol. The zero-order valence-electron chi connectivity index (χ0n) is 18.1. The number of nitrogens with one attached hydrogen (secondary N) is 1. The Labute approximate surface area is 220 Å². The van der Waals surface area contributed by atoms with Gasteiger partial charge < -0.3 is 14.8 Å². The first-order chi connectivity index (χ1) is 15.7. The fourth-order valence-electron chi connectivity index (χ4n) is 2.86. The number of rotatable bonds is 8. The monoisotopic (exact) mass is 611 g/mol. The standard InChI is InChI=1S/C24H21Br2Cl2N3O2/c1-14(32-3)6-20-23(7-15(2)33-12-16-8-17(25)10-18(26)9-16)29-13-30-24(20)31-19-4-5-21(27)22(28)11-19/h4-11,13H,12H2,1-3H3,(H,29,30,31)/b14-6+,15-7+. The fraction of sp³-hybridized carbons (Fsp3) is 0.167. The van der Waals surface area contributed by atoms with E-state index in [0.29, 0.717) is 39.7 Å². The van der Waals surface area contributed by atoms with Gasteiger partial charge in [-0.3, -0.25) is 0 Å². The summed E-state index contributed by atoms with van der Waals surface area (Å²) in [5, 5.41) is 4.21. The minimum Gasteiger partial charge on any atom is -0.501 e. The number of methoxy groups -OCH3 is 1. The third-order valence-corrected chi connectivity index (χ3v) is 6.15. The smallest absolute Gasteiger partial charge is 0.141 e. The molecule has 3 aromatic rings. The van der Waals surface area contributed by atoms with E-state index in [4.69, 9.17) is 32.7 Å². The Bertz CT molecular complexity index is 1200. The van der Waals surface area contributed by atoms with Crippen molar-refractivity contribution >= 4 is 78.7 Å². The number of allylic oxidation sites excluding steroid dienone is 2. The van der Waals surface area contributed by atoms with Crippen molar-refractivity contribution in [2.45, 2.75) is 20.5 Å². The first-order valence-electron chi connectivity index (χ1n) is 9.80. The van der Waals surface area contributed by atoms with Gasteiger partial charge in [-0.05, 0) is 61.9 Å². The van der Waals surface area contributed by atoms with Crippen LogP contribution in [0.4, 0.5) is 11.5 Å². The van der Waals surface area contributed by atoms with Crippen LogP contribution >= 0.6 is 55.1 Å². The molecular formula is C24H21Br2Cl2N3O2. The summed E-state index contributed by atoms with van der Waals surface area (Å²) < 4.78 is 13.3. The molecule has 0 aliphatic rings. The molecule has 1 aromatic heterocycles. The molecule has 1 heterocycles. The molecule has 0 saturated heterocycles. The van der Waals surface area contributed by atoms with Crippen LogP contribution in [0, 0.1) is 0 Å². The highest BCUT2D eigenvalue weighted by atomic mass is 79.9. The van der Waals surface area contributed by atoms with Crippen LogP contribution in [0.25, 0.3) is 12.2 Å². The third kappa shape index (κ3) is 7.47. The molecule has 0 fully saturated rings. The minimum atomic E-state index is 0.419. The van der Waals surface area contributed by atoms with Crippen LogP contribution in [0.2, 0.25) is 10.0 Å². The average Bonchev–Trinajstić information content (AvgIpc) is 2.76. The second-order valence-corrected chi connectivity index (χ2v) is 9.70. The van der Waals surface area contributed by atoms with Gasteiger partial charge in [0.2, 0.25) is 0 Å². The number of anilines is 2. The van der Waals surface area contributed by atoms with E-state index in [2.05, 4.69) is 47.1 Å². The van der Waals surface area contributed by atoms with Crippen molar-refractivity contribution < 1.29 is 9.47 Å². The van der Waals surface area contributed by atoms with Gasteiger partial charge in [0.05, 0.1) is 34.4 Å². The Balaban J connectivity index is 1.91. The maximum atomic E-state index is 6.16. The molecule has 0 saturated carbocycles. The lowest BCUT2D eigenvalue weighted by Crippen LogP contribution is -2.02. The van der Waals surface area contributed by atoms with E-state index < -0.39 is 0 Å². The lowest BCUT2D eigenvalue weighted by atomic mass is 10.1. The van der Waals surface area contributed by atoms with Crippen LogP contribution in [-0.2, 0) is 16.1 Å². The first-order valence-corrected chi connectivity index (χ1v) is 12.1. The van der Waals surface area contributed by atoms with Gasteiger partial charge >= 0.3 is 0 Å². The Kier molecular flexibility index (Phi) is 9.20.